The Balaban J connectivity index is 2.36. The van der Waals surface area contributed by atoms with Gasteiger partial charge in [-0.05, 0) is 36.3 Å². The first-order chi connectivity index (χ1) is 12.2. The van der Waals surface area contributed by atoms with Crippen molar-refractivity contribution in [3.05, 3.63) is 34.8 Å². The van der Waals surface area contributed by atoms with Crippen molar-refractivity contribution in [3.63, 3.8) is 0 Å². The van der Waals surface area contributed by atoms with Crippen LogP contribution in [0.1, 0.15) is 56.6 Å². The first-order valence-corrected chi connectivity index (χ1v) is 9.14. The van der Waals surface area contributed by atoms with Crippen LogP contribution in [0.2, 0.25) is 0 Å². The van der Waals surface area contributed by atoms with Gasteiger partial charge in [0.25, 0.3) is 0 Å². The zero-order valence-electron chi connectivity index (χ0n) is 16.7. The maximum atomic E-state index is 10.1. The van der Waals surface area contributed by atoms with Gasteiger partial charge in [0.1, 0.15) is 6.07 Å². The Hall–Kier alpha value is -2.19. The number of fused-ring (bicyclic) bond motifs is 1. The van der Waals surface area contributed by atoms with Gasteiger partial charge in [0.2, 0.25) is 0 Å². The van der Waals surface area contributed by atoms with Gasteiger partial charge in [0.05, 0.1) is 23.6 Å². The number of rotatable bonds is 4. The van der Waals surface area contributed by atoms with Crippen molar-refractivity contribution in [3.8, 4) is 17.3 Å². The number of hydrogen-bond donors (Lipinski definition) is 0. The summed E-state index contributed by atoms with van der Waals surface area (Å²) < 4.78 is 7.28. The van der Waals surface area contributed by atoms with Crippen molar-refractivity contribution in [2.45, 2.75) is 52.4 Å². The Morgan fingerprint density at radius 2 is 2.12 bits per heavy atom. The van der Waals surface area contributed by atoms with E-state index in [1.54, 1.807) is 13.3 Å². The smallest absolute Gasteiger partial charge is 0.102 e. The number of aryl methyl sites for hydroxylation is 2. The van der Waals surface area contributed by atoms with Crippen LogP contribution in [0.3, 0.4) is 0 Å². The second kappa shape index (κ2) is 6.51. The Morgan fingerprint density at radius 3 is 2.69 bits per heavy atom. The summed E-state index contributed by atoms with van der Waals surface area (Å²) in [4.78, 5) is 5.01. The molecule has 0 unspecified atom stereocenters. The molecule has 0 radical (unpaired) electrons. The molecule has 0 bridgehead atoms. The van der Waals surface area contributed by atoms with E-state index in [0.29, 0.717) is 12.2 Å². The van der Waals surface area contributed by atoms with Crippen LogP contribution in [0, 0.1) is 16.7 Å². The third-order valence-corrected chi connectivity index (χ3v) is 5.41. The molecule has 0 saturated heterocycles. The SMILES string of the molecule is COCC(C)(C)c1nc2c(c(-c3ccnn3C)c1C#N)CC(C)(C)CC2. The van der Waals surface area contributed by atoms with Gasteiger partial charge >= 0.3 is 0 Å². The average molecular weight is 352 g/mol. The van der Waals surface area contributed by atoms with Gasteiger partial charge in [-0.3, -0.25) is 9.67 Å². The predicted octanol–water partition coefficient (Wildman–Crippen LogP) is 3.79. The fraction of sp³-hybridized carbons (Fsp3) is 0.571. The van der Waals surface area contributed by atoms with E-state index in [1.165, 1.54) is 5.56 Å². The number of aromatic nitrogens is 3. The van der Waals surface area contributed by atoms with E-state index < -0.39 is 0 Å². The average Bonchev–Trinajstić information content (AvgIpc) is 2.98. The predicted molar refractivity (Wildman–Crippen MR) is 102 cm³/mol. The topological polar surface area (TPSA) is 63.7 Å². The van der Waals surface area contributed by atoms with Crippen LogP contribution in [0.5, 0.6) is 0 Å². The molecule has 0 saturated carbocycles. The van der Waals surface area contributed by atoms with Crippen LogP contribution in [-0.2, 0) is 30.0 Å². The Kier molecular flexibility index (Phi) is 4.66. The van der Waals surface area contributed by atoms with E-state index >= 15 is 0 Å². The molecule has 2 heterocycles. The van der Waals surface area contributed by atoms with E-state index in [9.17, 15) is 5.26 Å². The lowest BCUT2D eigenvalue weighted by Crippen LogP contribution is -2.30. The van der Waals surface area contributed by atoms with Gasteiger partial charge in [-0.25, -0.2) is 0 Å². The molecular formula is C21H28N4O. The van der Waals surface area contributed by atoms with Crippen LogP contribution >= 0.6 is 0 Å². The van der Waals surface area contributed by atoms with Crippen LogP contribution in [0.4, 0.5) is 0 Å². The van der Waals surface area contributed by atoms with Gasteiger partial charge in [0.15, 0.2) is 0 Å². The highest BCUT2D eigenvalue weighted by molar-refractivity contribution is 5.74. The molecule has 0 atom stereocenters. The summed E-state index contributed by atoms with van der Waals surface area (Å²) in [5.74, 6) is 0. The van der Waals surface area contributed by atoms with Crippen LogP contribution < -0.4 is 0 Å². The maximum absolute atomic E-state index is 10.1. The molecule has 2 aromatic heterocycles. The number of pyridine rings is 1. The second-order valence-corrected chi connectivity index (χ2v) is 8.75. The Bertz CT molecular complexity index is 871. The second-order valence-electron chi connectivity index (χ2n) is 8.75. The molecule has 5 nitrogen and oxygen atoms in total. The molecule has 0 aliphatic heterocycles. The fourth-order valence-corrected chi connectivity index (χ4v) is 4.02. The molecule has 1 aliphatic rings. The molecule has 0 N–H and O–H groups in total. The van der Waals surface area contributed by atoms with Gasteiger partial charge in [-0.2, -0.15) is 10.4 Å². The van der Waals surface area contributed by atoms with Crippen molar-refractivity contribution in [1.29, 1.82) is 5.26 Å². The minimum atomic E-state index is -0.338. The van der Waals surface area contributed by atoms with Crippen molar-refractivity contribution in [2.75, 3.05) is 13.7 Å². The summed E-state index contributed by atoms with van der Waals surface area (Å²) in [5.41, 5.74) is 5.67. The lowest BCUT2D eigenvalue weighted by molar-refractivity contribution is 0.144. The first kappa shape index (κ1) is 18.6. The zero-order valence-corrected chi connectivity index (χ0v) is 16.7. The quantitative estimate of drug-likeness (QED) is 0.840. The fourth-order valence-electron chi connectivity index (χ4n) is 4.02. The highest BCUT2D eigenvalue weighted by Crippen LogP contribution is 2.42. The van der Waals surface area contributed by atoms with Crippen molar-refractivity contribution >= 4 is 0 Å². The standard InChI is InChI=1S/C21H28N4O/c1-20(2)9-7-16-14(11-20)18(17-8-10-23-25(17)5)15(12-22)19(24-16)21(3,4)13-26-6/h8,10H,7,9,11,13H2,1-6H3. The third kappa shape index (κ3) is 3.14. The molecule has 5 heteroatoms. The van der Waals surface area contributed by atoms with E-state index in [4.69, 9.17) is 9.72 Å². The van der Waals surface area contributed by atoms with Crippen LogP contribution in [-0.4, -0.2) is 28.5 Å². The van der Waals surface area contributed by atoms with Crippen molar-refractivity contribution in [2.24, 2.45) is 12.5 Å². The number of nitrogens with zero attached hydrogens (tertiary/aromatic N) is 4. The zero-order chi connectivity index (χ0) is 19.1. The first-order valence-electron chi connectivity index (χ1n) is 9.14. The van der Waals surface area contributed by atoms with Gasteiger partial charge in [-0.1, -0.05) is 27.7 Å². The molecule has 26 heavy (non-hydrogen) atoms. The molecule has 1 aliphatic carbocycles. The minimum Gasteiger partial charge on any atom is -0.384 e. The highest BCUT2D eigenvalue weighted by Gasteiger charge is 2.35. The summed E-state index contributed by atoms with van der Waals surface area (Å²) in [6.07, 6.45) is 4.76. The Labute approximate surface area is 156 Å². The molecule has 0 fully saturated rings. The van der Waals surface area contributed by atoms with E-state index in [-0.39, 0.29) is 10.8 Å². The largest absolute Gasteiger partial charge is 0.384 e. The van der Waals surface area contributed by atoms with Gasteiger partial charge in [0, 0.05) is 37.0 Å². The molecular weight excluding hydrogens is 324 g/mol. The molecule has 0 amide bonds. The monoisotopic (exact) mass is 352 g/mol. The summed E-state index contributed by atoms with van der Waals surface area (Å²) in [6.45, 7) is 9.27. The van der Waals surface area contributed by atoms with Gasteiger partial charge in [-0.15, -0.1) is 0 Å². The summed E-state index contributed by atoms with van der Waals surface area (Å²) in [7, 11) is 3.62. The van der Waals surface area contributed by atoms with Crippen molar-refractivity contribution in [1.82, 2.24) is 14.8 Å². The lowest BCUT2D eigenvalue weighted by atomic mass is 9.72. The molecule has 138 valence electrons. The maximum Gasteiger partial charge on any atom is 0.102 e. The summed E-state index contributed by atoms with van der Waals surface area (Å²) >= 11 is 0. The number of nitriles is 1. The highest BCUT2D eigenvalue weighted by atomic mass is 16.5. The summed E-state index contributed by atoms with van der Waals surface area (Å²) in [5, 5.41) is 14.4. The number of hydrogen-bond acceptors (Lipinski definition) is 4. The van der Waals surface area contributed by atoms with E-state index in [2.05, 4.69) is 38.9 Å². The number of methoxy groups -OCH3 is 1. The molecule has 0 aromatic carbocycles. The van der Waals surface area contributed by atoms with Crippen LogP contribution in [0.25, 0.3) is 11.3 Å². The summed E-state index contributed by atoms with van der Waals surface area (Å²) in [6, 6.07) is 4.45. The molecule has 3 rings (SSSR count). The molecule has 0 spiro atoms. The van der Waals surface area contributed by atoms with E-state index in [0.717, 1.165) is 41.9 Å². The Morgan fingerprint density at radius 1 is 1.38 bits per heavy atom. The third-order valence-electron chi connectivity index (χ3n) is 5.41. The van der Waals surface area contributed by atoms with Crippen molar-refractivity contribution < 1.29 is 4.74 Å². The minimum absolute atomic E-state index is 0.207. The van der Waals surface area contributed by atoms with E-state index in [1.807, 2.05) is 17.8 Å². The molecule has 2 aromatic rings. The van der Waals surface area contributed by atoms with Crippen LogP contribution in [0.15, 0.2) is 12.3 Å². The lowest BCUT2D eigenvalue weighted by Gasteiger charge is -2.34. The van der Waals surface area contributed by atoms with Gasteiger partial charge < -0.3 is 4.74 Å². The number of ether oxygens (including phenoxy) is 1. The normalized spacial score (nSPS) is 16.2.